The van der Waals surface area contributed by atoms with Crippen molar-refractivity contribution >= 4 is 11.6 Å². The standard InChI is InChI=1S/C17H18N4O5/c1-25-15-7-8-16(19-18-15)26-14-6-3-9-20(11-14)17(22)12-4-2-5-13(10-12)21(23)24/h2,4-5,7-8,10,14H,3,6,9,11H2,1H3. The van der Waals surface area contributed by atoms with Crippen LogP contribution in [0.3, 0.4) is 0 Å². The summed E-state index contributed by atoms with van der Waals surface area (Å²) < 4.78 is 10.8. The van der Waals surface area contributed by atoms with Gasteiger partial charge >= 0.3 is 0 Å². The molecule has 1 saturated heterocycles. The molecule has 0 bridgehead atoms. The number of benzene rings is 1. The Labute approximate surface area is 149 Å². The summed E-state index contributed by atoms with van der Waals surface area (Å²) in [5.41, 5.74) is 0.193. The van der Waals surface area contributed by atoms with E-state index in [0.29, 0.717) is 30.4 Å². The third kappa shape index (κ3) is 4.05. The maximum Gasteiger partial charge on any atom is 0.270 e. The van der Waals surface area contributed by atoms with Crippen LogP contribution in [0.25, 0.3) is 0 Å². The fourth-order valence-electron chi connectivity index (χ4n) is 2.80. The molecular weight excluding hydrogens is 340 g/mol. The number of carbonyl (C=O) groups is 1. The molecular formula is C17H18N4O5. The number of hydrogen-bond donors (Lipinski definition) is 0. The van der Waals surface area contributed by atoms with E-state index in [0.717, 1.165) is 12.8 Å². The molecule has 9 nitrogen and oxygen atoms in total. The lowest BCUT2D eigenvalue weighted by molar-refractivity contribution is -0.384. The highest BCUT2D eigenvalue weighted by molar-refractivity contribution is 5.94. The van der Waals surface area contributed by atoms with Crippen molar-refractivity contribution in [3.63, 3.8) is 0 Å². The van der Waals surface area contributed by atoms with Gasteiger partial charge in [-0.2, -0.15) is 0 Å². The molecule has 136 valence electrons. The predicted molar refractivity (Wildman–Crippen MR) is 91.2 cm³/mol. The molecule has 0 aliphatic carbocycles. The number of non-ortho nitro benzene ring substituents is 1. The highest BCUT2D eigenvalue weighted by Gasteiger charge is 2.26. The zero-order valence-corrected chi connectivity index (χ0v) is 14.2. The molecule has 0 radical (unpaired) electrons. The molecule has 1 aliphatic rings. The topological polar surface area (TPSA) is 108 Å². The Hall–Kier alpha value is -3.23. The van der Waals surface area contributed by atoms with Gasteiger partial charge in [0.05, 0.1) is 18.6 Å². The number of rotatable bonds is 5. The van der Waals surface area contributed by atoms with E-state index in [1.165, 1.54) is 25.3 Å². The first-order valence-electron chi connectivity index (χ1n) is 8.15. The Morgan fingerprint density at radius 1 is 1.27 bits per heavy atom. The Bertz CT molecular complexity index is 796. The molecule has 1 unspecified atom stereocenters. The van der Waals surface area contributed by atoms with Gasteiger partial charge in [0.1, 0.15) is 6.10 Å². The molecule has 1 aromatic heterocycles. The van der Waals surface area contributed by atoms with Crippen molar-refractivity contribution in [3.05, 3.63) is 52.1 Å². The van der Waals surface area contributed by atoms with E-state index in [2.05, 4.69) is 10.2 Å². The van der Waals surface area contributed by atoms with Crippen LogP contribution in [0.1, 0.15) is 23.2 Å². The van der Waals surface area contributed by atoms with Crippen molar-refractivity contribution in [1.82, 2.24) is 15.1 Å². The van der Waals surface area contributed by atoms with Crippen LogP contribution in [-0.2, 0) is 0 Å². The fourth-order valence-corrected chi connectivity index (χ4v) is 2.80. The SMILES string of the molecule is COc1ccc(OC2CCCN(C(=O)c3cccc([N+](=O)[O-])c3)C2)nn1. The van der Waals surface area contributed by atoms with E-state index in [-0.39, 0.29) is 17.7 Å². The normalized spacial score (nSPS) is 16.8. The van der Waals surface area contributed by atoms with Gasteiger partial charge in [0.15, 0.2) is 0 Å². The average Bonchev–Trinajstić information content (AvgIpc) is 2.68. The molecule has 26 heavy (non-hydrogen) atoms. The van der Waals surface area contributed by atoms with Crippen molar-refractivity contribution in [2.24, 2.45) is 0 Å². The second kappa shape index (κ2) is 7.77. The maximum atomic E-state index is 12.7. The summed E-state index contributed by atoms with van der Waals surface area (Å²) in [6.45, 7) is 0.963. The highest BCUT2D eigenvalue weighted by atomic mass is 16.6. The zero-order chi connectivity index (χ0) is 18.5. The van der Waals surface area contributed by atoms with Gasteiger partial charge in [-0.1, -0.05) is 6.07 Å². The highest BCUT2D eigenvalue weighted by Crippen LogP contribution is 2.20. The molecule has 0 N–H and O–H groups in total. The number of nitro benzene ring substituents is 1. The van der Waals surface area contributed by atoms with Crippen LogP contribution >= 0.6 is 0 Å². The summed E-state index contributed by atoms with van der Waals surface area (Å²) in [5, 5.41) is 18.7. The van der Waals surface area contributed by atoms with Crippen molar-refractivity contribution in [2.45, 2.75) is 18.9 Å². The molecule has 0 saturated carbocycles. The van der Waals surface area contributed by atoms with Crippen molar-refractivity contribution in [1.29, 1.82) is 0 Å². The van der Waals surface area contributed by atoms with Crippen molar-refractivity contribution in [2.75, 3.05) is 20.2 Å². The minimum atomic E-state index is -0.513. The van der Waals surface area contributed by atoms with Gasteiger partial charge in [0, 0.05) is 36.4 Å². The van der Waals surface area contributed by atoms with Crippen molar-refractivity contribution < 1.29 is 19.2 Å². The fraction of sp³-hybridized carbons (Fsp3) is 0.353. The third-order valence-corrected chi connectivity index (χ3v) is 4.08. The molecule has 0 spiro atoms. The maximum absolute atomic E-state index is 12.7. The number of carbonyl (C=O) groups excluding carboxylic acids is 1. The summed E-state index contributed by atoms with van der Waals surface area (Å²) >= 11 is 0. The lowest BCUT2D eigenvalue weighted by Crippen LogP contribution is -2.44. The Kier molecular flexibility index (Phi) is 5.26. The summed E-state index contributed by atoms with van der Waals surface area (Å²) in [4.78, 5) is 24.7. The number of nitro groups is 1. The van der Waals surface area contributed by atoms with Gasteiger partial charge in [-0.15, -0.1) is 10.2 Å². The summed E-state index contributed by atoms with van der Waals surface area (Å²) in [5.74, 6) is 0.506. The van der Waals surface area contributed by atoms with Crippen molar-refractivity contribution in [3.8, 4) is 11.8 Å². The molecule has 1 aliphatic heterocycles. The van der Waals surface area contributed by atoms with Gasteiger partial charge in [0.2, 0.25) is 11.8 Å². The lowest BCUT2D eigenvalue weighted by atomic mass is 10.1. The minimum Gasteiger partial charge on any atom is -0.480 e. The smallest absolute Gasteiger partial charge is 0.270 e. The summed E-state index contributed by atoms with van der Waals surface area (Å²) in [6.07, 6.45) is 1.34. The van der Waals surface area contributed by atoms with E-state index in [1.807, 2.05) is 0 Å². The summed E-state index contributed by atoms with van der Waals surface area (Å²) in [7, 11) is 1.50. The Morgan fingerprint density at radius 3 is 2.73 bits per heavy atom. The van der Waals surface area contributed by atoms with Crippen LogP contribution in [0.15, 0.2) is 36.4 Å². The van der Waals surface area contributed by atoms with Gasteiger partial charge in [0.25, 0.3) is 11.6 Å². The van der Waals surface area contributed by atoms with E-state index < -0.39 is 4.92 Å². The molecule has 1 fully saturated rings. The van der Waals surface area contributed by atoms with E-state index in [9.17, 15) is 14.9 Å². The third-order valence-electron chi connectivity index (χ3n) is 4.08. The number of nitrogens with zero attached hydrogens (tertiary/aromatic N) is 4. The number of aromatic nitrogens is 2. The number of amides is 1. The van der Waals surface area contributed by atoms with Crippen LogP contribution in [0, 0.1) is 10.1 Å². The zero-order valence-electron chi connectivity index (χ0n) is 14.2. The first kappa shape index (κ1) is 17.6. The second-order valence-electron chi connectivity index (χ2n) is 5.85. The molecule has 1 atom stereocenters. The number of ether oxygens (including phenoxy) is 2. The van der Waals surface area contributed by atoms with Crippen LogP contribution < -0.4 is 9.47 Å². The van der Waals surface area contributed by atoms with Gasteiger partial charge < -0.3 is 14.4 Å². The molecule has 2 aromatic rings. The lowest BCUT2D eigenvalue weighted by Gasteiger charge is -2.32. The predicted octanol–water partition coefficient (Wildman–Crippen LogP) is 2.08. The van der Waals surface area contributed by atoms with Gasteiger partial charge in [-0.3, -0.25) is 14.9 Å². The number of hydrogen-bond acceptors (Lipinski definition) is 7. The van der Waals surface area contributed by atoms with Crippen LogP contribution in [0.5, 0.6) is 11.8 Å². The number of likely N-dealkylation sites (tertiary alicyclic amines) is 1. The minimum absolute atomic E-state index is 0.103. The monoisotopic (exact) mass is 358 g/mol. The summed E-state index contributed by atoms with van der Waals surface area (Å²) in [6, 6.07) is 9.05. The Balaban J connectivity index is 1.66. The number of methoxy groups -OCH3 is 1. The van der Waals surface area contributed by atoms with E-state index in [4.69, 9.17) is 9.47 Å². The molecule has 3 rings (SSSR count). The Morgan fingerprint density at radius 2 is 2.04 bits per heavy atom. The molecule has 2 heterocycles. The molecule has 1 amide bonds. The van der Waals surface area contributed by atoms with Crippen LogP contribution in [0.2, 0.25) is 0 Å². The van der Waals surface area contributed by atoms with E-state index in [1.54, 1.807) is 23.1 Å². The first-order chi connectivity index (χ1) is 12.6. The number of piperidine rings is 1. The second-order valence-corrected chi connectivity index (χ2v) is 5.85. The van der Waals surface area contributed by atoms with Gasteiger partial charge in [-0.25, -0.2) is 0 Å². The van der Waals surface area contributed by atoms with Gasteiger partial charge in [-0.05, 0) is 18.9 Å². The van der Waals surface area contributed by atoms with Crippen LogP contribution in [0.4, 0.5) is 5.69 Å². The largest absolute Gasteiger partial charge is 0.480 e. The molecule has 1 aromatic carbocycles. The van der Waals surface area contributed by atoms with Crippen LogP contribution in [-0.4, -0.2) is 52.2 Å². The molecule has 9 heteroatoms. The quantitative estimate of drug-likeness (QED) is 0.595. The van der Waals surface area contributed by atoms with E-state index >= 15 is 0 Å². The average molecular weight is 358 g/mol. The first-order valence-corrected chi connectivity index (χ1v) is 8.15.